The van der Waals surface area contributed by atoms with Gasteiger partial charge in [0, 0.05) is 31.2 Å². The van der Waals surface area contributed by atoms with E-state index in [1.54, 1.807) is 17.2 Å². The van der Waals surface area contributed by atoms with E-state index in [1.165, 1.54) is 6.20 Å². The van der Waals surface area contributed by atoms with Crippen LogP contribution in [0.25, 0.3) is 0 Å². The molecule has 0 radical (unpaired) electrons. The maximum atomic E-state index is 12.1. The number of anilines is 1. The smallest absolute Gasteiger partial charge is 0.257 e. The molecular weight excluding hydrogens is 202 g/mol. The molecule has 1 aromatic rings. The highest BCUT2D eigenvalue weighted by molar-refractivity contribution is 5.98. The second-order valence-electron chi connectivity index (χ2n) is 3.85. The lowest BCUT2D eigenvalue weighted by molar-refractivity contribution is 0.0724. The highest BCUT2D eigenvalue weighted by Crippen LogP contribution is 2.15. The molecule has 2 N–H and O–H groups in total. The number of rotatable bonds is 4. The van der Waals surface area contributed by atoms with E-state index in [0.29, 0.717) is 11.3 Å². The van der Waals surface area contributed by atoms with E-state index in [4.69, 9.17) is 5.73 Å². The van der Waals surface area contributed by atoms with Crippen LogP contribution < -0.4 is 5.73 Å². The van der Waals surface area contributed by atoms with Crippen molar-refractivity contribution in [3.8, 4) is 0 Å². The molecule has 0 aliphatic carbocycles. The predicted octanol–water partition coefficient (Wildman–Crippen LogP) is 1.92. The molecule has 0 aliphatic rings. The number of nitrogens with two attached hydrogens (primary N) is 1. The largest absolute Gasteiger partial charge is 0.398 e. The van der Waals surface area contributed by atoms with Gasteiger partial charge in [0.2, 0.25) is 0 Å². The first-order chi connectivity index (χ1) is 7.61. The lowest BCUT2D eigenvalue weighted by Crippen LogP contribution is -2.36. The number of carbonyl (C=O) groups is 1. The summed E-state index contributed by atoms with van der Waals surface area (Å²) >= 11 is 0. The zero-order valence-electron chi connectivity index (χ0n) is 10.1. The van der Waals surface area contributed by atoms with Crippen LogP contribution in [0.15, 0.2) is 18.5 Å². The van der Waals surface area contributed by atoms with Crippen molar-refractivity contribution in [1.82, 2.24) is 9.88 Å². The van der Waals surface area contributed by atoms with Crippen molar-refractivity contribution in [1.29, 1.82) is 0 Å². The van der Waals surface area contributed by atoms with Crippen molar-refractivity contribution in [2.24, 2.45) is 0 Å². The number of hydrogen-bond donors (Lipinski definition) is 1. The van der Waals surface area contributed by atoms with Crippen molar-refractivity contribution in [2.45, 2.75) is 32.7 Å². The lowest BCUT2D eigenvalue weighted by Gasteiger charge is -2.26. The molecule has 88 valence electrons. The minimum atomic E-state index is -0.0562. The summed E-state index contributed by atoms with van der Waals surface area (Å²) < 4.78 is 0. The standard InChI is InChI=1S/C12H19N3O/c1-4-9(5-2)15(3)12(16)10-8-14-7-6-11(10)13/h6-9H,4-5H2,1-3H3,(H2,13,14). The number of carbonyl (C=O) groups excluding carboxylic acids is 1. The Bertz CT molecular complexity index is 361. The number of nitrogens with zero attached hydrogens (tertiary/aromatic N) is 2. The van der Waals surface area contributed by atoms with Gasteiger partial charge in [0.15, 0.2) is 0 Å². The summed E-state index contributed by atoms with van der Waals surface area (Å²) in [7, 11) is 1.81. The van der Waals surface area contributed by atoms with Gasteiger partial charge in [-0.25, -0.2) is 0 Å². The third-order valence-corrected chi connectivity index (χ3v) is 2.90. The van der Waals surface area contributed by atoms with Gasteiger partial charge in [-0.1, -0.05) is 13.8 Å². The monoisotopic (exact) mass is 221 g/mol. The van der Waals surface area contributed by atoms with Crippen LogP contribution in [0, 0.1) is 0 Å². The van der Waals surface area contributed by atoms with Gasteiger partial charge in [0.25, 0.3) is 5.91 Å². The number of amides is 1. The Kier molecular flexibility index (Phi) is 4.28. The van der Waals surface area contributed by atoms with Crippen LogP contribution >= 0.6 is 0 Å². The molecule has 0 atom stereocenters. The number of hydrogen-bond acceptors (Lipinski definition) is 3. The Morgan fingerprint density at radius 1 is 1.50 bits per heavy atom. The van der Waals surface area contributed by atoms with E-state index < -0.39 is 0 Å². The molecule has 0 spiro atoms. The summed E-state index contributed by atoms with van der Waals surface area (Å²) in [5, 5.41) is 0. The molecule has 0 bridgehead atoms. The quantitative estimate of drug-likeness (QED) is 0.845. The number of nitrogen functional groups attached to an aromatic ring is 1. The molecule has 1 heterocycles. The third-order valence-electron chi connectivity index (χ3n) is 2.90. The maximum Gasteiger partial charge on any atom is 0.257 e. The van der Waals surface area contributed by atoms with Crippen molar-refractivity contribution in [2.75, 3.05) is 12.8 Å². The van der Waals surface area contributed by atoms with Crippen LogP contribution in [0.2, 0.25) is 0 Å². The van der Waals surface area contributed by atoms with Crippen LogP contribution in [0.4, 0.5) is 5.69 Å². The van der Waals surface area contributed by atoms with E-state index in [0.717, 1.165) is 12.8 Å². The first-order valence-electron chi connectivity index (χ1n) is 5.58. The SMILES string of the molecule is CCC(CC)N(C)C(=O)c1cnccc1N. The first kappa shape index (κ1) is 12.5. The van der Waals surface area contributed by atoms with E-state index in [9.17, 15) is 4.79 Å². The fourth-order valence-electron chi connectivity index (χ4n) is 1.78. The molecule has 1 amide bonds. The van der Waals surface area contributed by atoms with Crippen LogP contribution in [0.5, 0.6) is 0 Å². The van der Waals surface area contributed by atoms with Crippen LogP contribution in [-0.4, -0.2) is 28.9 Å². The Morgan fingerprint density at radius 2 is 2.12 bits per heavy atom. The van der Waals surface area contributed by atoms with Gasteiger partial charge >= 0.3 is 0 Å². The topological polar surface area (TPSA) is 59.2 Å². The molecular formula is C12H19N3O. The Labute approximate surface area is 96.5 Å². The summed E-state index contributed by atoms with van der Waals surface area (Å²) in [6, 6.07) is 1.90. The summed E-state index contributed by atoms with van der Waals surface area (Å²) in [6.07, 6.45) is 5.00. The van der Waals surface area contributed by atoms with Gasteiger partial charge in [-0.3, -0.25) is 9.78 Å². The van der Waals surface area contributed by atoms with Crippen molar-refractivity contribution < 1.29 is 4.79 Å². The molecule has 4 heteroatoms. The van der Waals surface area contributed by atoms with Gasteiger partial charge in [-0.15, -0.1) is 0 Å². The molecule has 0 fully saturated rings. The van der Waals surface area contributed by atoms with Crippen LogP contribution in [0.1, 0.15) is 37.0 Å². The highest BCUT2D eigenvalue weighted by Gasteiger charge is 2.19. The van der Waals surface area contributed by atoms with E-state index in [1.807, 2.05) is 7.05 Å². The molecule has 0 unspecified atom stereocenters. The zero-order valence-corrected chi connectivity index (χ0v) is 10.1. The van der Waals surface area contributed by atoms with E-state index in [-0.39, 0.29) is 11.9 Å². The maximum absolute atomic E-state index is 12.1. The second kappa shape index (κ2) is 5.49. The van der Waals surface area contributed by atoms with Gasteiger partial charge in [-0.05, 0) is 18.9 Å². The average molecular weight is 221 g/mol. The summed E-state index contributed by atoms with van der Waals surface area (Å²) in [5.74, 6) is -0.0562. The van der Waals surface area contributed by atoms with E-state index in [2.05, 4.69) is 18.8 Å². The minimum absolute atomic E-state index is 0.0562. The second-order valence-corrected chi connectivity index (χ2v) is 3.85. The summed E-state index contributed by atoms with van der Waals surface area (Å²) in [4.78, 5) is 17.8. The predicted molar refractivity (Wildman–Crippen MR) is 65.1 cm³/mol. The molecule has 16 heavy (non-hydrogen) atoms. The molecule has 0 aliphatic heterocycles. The summed E-state index contributed by atoms with van der Waals surface area (Å²) in [6.45, 7) is 4.15. The zero-order chi connectivity index (χ0) is 12.1. The lowest BCUT2D eigenvalue weighted by atomic mass is 10.1. The molecule has 4 nitrogen and oxygen atoms in total. The Morgan fingerprint density at radius 3 is 2.62 bits per heavy atom. The normalized spacial score (nSPS) is 10.5. The fourth-order valence-corrected chi connectivity index (χ4v) is 1.78. The summed E-state index contributed by atoms with van der Waals surface area (Å²) in [5.41, 5.74) is 6.72. The third kappa shape index (κ3) is 2.51. The molecule has 0 saturated carbocycles. The first-order valence-corrected chi connectivity index (χ1v) is 5.58. The van der Waals surface area contributed by atoms with E-state index >= 15 is 0 Å². The minimum Gasteiger partial charge on any atom is -0.398 e. The molecule has 1 rings (SSSR count). The van der Waals surface area contributed by atoms with Gasteiger partial charge in [-0.2, -0.15) is 0 Å². The molecule has 1 aromatic heterocycles. The average Bonchev–Trinajstić information content (AvgIpc) is 2.30. The van der Waals surface area contributed by atoms with Gasteiger partial charge in [0.1, 0.15) is 0 Å². The highest BCUT2D eigenvalue weighted by atomic mass is 16.2. The molecule has 0 aromatic carbocycles. The molecule has 0 saturated heterocycles. The Hall–Kier alpha value is -1.58. The number of pyridine rings is 1. The van der Waals surface area contributed by atoms with Gasteiger partial charge < -0.3 is 10.6 Å². The Balaban J connectivity index is 2.90. The fraction of sp³-hybridized carbons (Fsp3) is 0.500. The van der Waals surface area contributed by atoms with Crippen molar-refractivity contribution in [3.63, 3.8) is 0 Å². The number of aromatic nitrogens is 1. The van der Waals surface area contributed by atoms with Gasteiger partial charge in [0.05, 0.1) is 5.56 Å². The van der Waals surface area contributed by atoms with Crippen LogP contribution in [0.3, 0.4) is 0 Å². The van der Waals surface area contributed by atoms with Crippen LogP contribution in [-0.2, 0) is 0 Å². The van der Waals surface area contributed by atoms with Crippen molar-refractivity contribution in [3.05, 3.63) is 24.0 Å². The van der Waals surface area contributed by atoms with Crippen molar-refractivity contribution >= 4 is 11.6 Å².